The molecular formula is C68H78. The maximum atomic E-state index is 2.52. The molecule has 4 aliphatic rings. The Balaban J connectivity index is 0.000000470. The van der Waals surface area contributed by atoms with Gasteiger partial charge in [-0.1, -0.05) is 245 Å². The van der Waals surface area contributed by atoms with E-state index in [1.165, 1.54) is 145 Å². The quantitative estimate of drug-likeness (QED) is 0.133. The first-order valence-corrected chi connectivity index (χ1v) is 26.4. The number of rotatable bonds is 8. The van der Waals surface area contributed by atoms with Crippen molar-refractivity contribution in [3.8, 4) is 33.4 Å². The average Bonchev–Trinajstić information content (AvgIpc) is 4.28. The zero-order valence-electron chi connectivity index (χ0n) is 42.8. The van der Waals surface area contributed by atoms with Gasteiger partial charge < -0.3 is 0 Å². The summed E-state index contributed by atoms with van der Waals surface area (Å²) in [5.74, 6) is 1.72. The van der Waals surface area contributed by atoms with Crippen molar-refractivity contribution >= 4 is 32.7 Å². The van der Waals surface area contributed by atoms with Crippen LogP contribution >= 0.6 is 0 Å². The van der Waals surface area contributed by atoms with E-state index in [4.69, 9.17) is 0 Å². The summed E-state index contributed by atoms with van der Waals surface area (Å²) < 4.78 is 0. The number of hydrogen-bond donors (Lipinski definition) is 0. The van der Waals surface area contributed by atoms with E-state index in [-0.39, 0.29) is 0 Å². The molecule has 350 valence electrons. The van der Waals surface area contributed by atoms with E-state index in [1.54, 1.807) is 0 Å². The van der Waals surface area contributed by atoms with Crippen LogP contribution in [-0.2, 0) is 0 Å². The second kappa shape index (κ2) is 24.9. The minimum Gasteiger partial charge on any atom is -0.0842 e. The number of unbranched alkanes of at least 4 members (excludes halogenated alkanes) is 1. The normalized spacial score (nSPS) is 15.8. The lowest BCUT2D eigenvalue weighted by Crippen LogP contribution is -2.12. The van der Waals surface area contributed by atoms with Crippen molar-refractivity contribution in [1.29, 1.82) is 0 Å². The predicted octanol–water partition coefficient (Wildman–Crippen LogP) is 21.1. The van der Waals surface area contributed by atoms with Crippen LogP contribution in [0.5, 0.6) is 0 Å². The van der Waals surface area contributed by atoms with Crippen molar-refractivity contribution in [3.63, 3.8) is 0 Å². The third-order valence-corrected chi connectivity index (χ3v) is 13.3. The monoisotopic (exact) mass is 895 g/mol. The van der Waals surface area contributed by atoms with Crippen molar-refractivity contribution < 1.29 is 0 Å². The van der Waals surface area contributed by atoms with E-state index in [2.05, 4.69) is 218 Å². The molecule has 2 fully saturated rings. The highest BCUT2D eigenvalue weighted by Gasteiger charge is 2.27. The molecule has 0 bridgehead atoms. The molecule has 0 aromatic heterocycles. The molecule has 7 aromatic rings. The Morgan fingerprint density at radius 3 is 1.88 bits per heavy atom. The van der Waals surface area contributed by atoms with Gasteiger partial charge in [0, 0.05) is 5.92 Å². The maximum Gasteiger partial charge on any atom is 0.00620 e. The fourth-order valence-corrected chi connectivity index (χ4v) is 9.45. The zero-order valence-corrected chi connectivity index (χ0v) is 42.8. The van der Waals surface area contributed by atoms with E-state index in [0.717, 1.165) is 25.2 Å². The topological polar surface area (TPSA) is 0 Å². The van der Waals surface area contributed by atoms with Crippen LogP contribution in [0.1, 0.15) is 159 Å². The van der Waals surface area contributed by atoms with E-state index in [0.29, 0.717) is 11.8 Å². The first-order chi connectivity index (χ1) is 33.3. The molecule has 0 amide bonds. The lowest BCUT2D eigenvalue weighted by molar-refractivity contribution is 0.421. The third-order valence-electron chi connectivity index (χ3n) is 13.3. The van der Waals surface area contributed by atoms with Crippen molar-refractivity contribution in [2.24, 2.45) is 5.92 Å². The fourth-order valence-electron chi connectivity index (χ4n) is 9.45. The summed E-state index contributed by atoms with van der Waals surface area (Å²) in [7, 11) is 0. The van der Waals surface area contributed by atoms with Crippen LogP contribution in [0.25, 0.3) is 66.1 Å². The van der Waals surface area contributed by atoms with Crippen molar-refractivity contribution in [3.05, 3.63) is 204 Å². The van der Waals surface area contributed by atoms with E-state index >= 15 is 0 Å². The number of hydrogen-bond acceptors (Lipinski definition) is 0. The summed E-state index contributed by atoms with van der Waals surface area (Å²) in [6, 6.07) is 52.8. The van der Waals surface area contributed by atoms with Gasteiger partial charge in [0.2, 0.25) is 0 Å². The molecule has 0 N–H and O–H groups in total. The van der Waals surface area contributed by atoms with Crippen LogP contribution in [0.3, 0.4) is 0 Å². The molecule has 0 heteroatoms. The minimum absolute atomic E-state index is 0.310. The molecule has 2 saturated carbocycles. The van der Waals surface area contributed by atoms with Crippen molar-refractivity contribution in [2.75, 3.05) is 0 Å². The van der Waals surface area contributed by atoms with Crippen LogP contribution in [0, 0.1) is 12.8 Å². The third kappa shape index (κ3) is 12.6. The van der Waals surface area contributed by atoms with Gasteiger partial charge in [-0.15, -0.1) is 0 Å². The maximum absolute atomic E-state index is 2.52. The smallest absolute Gasteiger partial charge is 0.00620 e. The van der Waals surface area contributed by atoms with Crippen LogP contribution in [0.15, 0.2) is 176 Å². The van der Waals surface area contributed by atoms with Gasteiger partial charge in [-0.3, -0.25) is 0 Å². The molecule has 0 saturated heterocycles. The van der Waals surface area contributed by atoms with Crippen LogP contribution in [0.4, 0.5) is 0 Å². The Morgan fingerprint density at radius 2 is 1.19 bits per heavy atom. The van der Waals surface area contributed by atoms with Gasteiger partial charge in [0.1, 0.15) is 0 Å². The van der Waals surface area contributed by atoms with Gasteiger partial charge >= 0.3 is 0 Å². The van der Waals surface area contributed by atoms with Gasteiger partial charge in [0.15, 0.2) is 0 Å². The van der Waals surface area contributed by atoms with Gasteiger partial charge in [0.25, 0.3) is 0 Å². The number of aryl methyl sites for hydroxylation is 1. The standard InChI is InChI=1S/C55H46.2C4H10.C3H6.C2H6/c1-37-31-44-19-8-9-26-49(44)51-28-14-29-52(54(37)51)53-30-13-27-50(55(53)40-20-10-21-40)45-25-12-23-42(33-45)41-22-11-24-43(32-41)48-35-46(38-15-4-2-5-16-38)34-47(36-48)39-17-6-3-7-18-39;1-4(2)3;1-3-4-2;1-2-3-1;1-2/h2-6,8-9,11-17,19,23-36,40-41H,7,10,18,20-22H2,1H3;4H,1-3H3;3-4H2,1-2H3;1-3H2;1-2H3. The molecule has 68 heavy (non-hydrogen) atoms. The molecule has 7 aromatic carbocycles. The SMILES string of the molecule is C1CC1.CC.CC(C)C.CCCC.Cc1cc2ccccc2c2cccc(-c3cccc(-c4cccc(C5C=C(c6cc(C7=CC=CCC7)cc(-c7ccccc7)c6)C=CC5)c4)c3C3CCC3)c12. The summed E-state index contributed by atoms with van der Waals surface area (Å²) >= 11 is 0. The van der Waals surface area contributed by atoms with Gasteiger partial charge in [-0.05, 0) is 163 Å². The molecule has 1 atom stereocenters. The molecule has 0 heterocycles. The summed E-state index contributed by atoms with van der Waals surface area (Å²) in [6.07, 6.45) is 28.2. The largest absolute Gasteiger partial charge is 0.0842 e. The predicted molar refractivity (Wildman–Crippen MR) is 303 cm³/mol. The molecule has 0 nitrogen and oxygen atoms in total. The highest BCUT2D eigenvalue weighted by atomic mass is 14.3. The Kier molecular flexibility index (Phi) is 18.3. The first-order valence-electron chi connectivity index (χ1n) is 26.4. The molecule has 0 radical (unpaired) electrons. The Morgan fingerprint density at radius 1 is 0.559 bits per heavy atom. The Bertz CT molecular complexity index is 2840. The number of allylic oxidation sites excluding steroid dienone is 8. The second-order valence-electron chi connectivity index (χ2n) is 19.6. The summed E-state index contributed by atoms with van der Waals surface area (Å²) in [4.78, 5) is 0. The molecule has 0 spiro atoms. The zero-order chi connectivity index (χ0) is 47.8. The highest BCUT2D eigenvalue weighted by Crippen LogP contribution is 2.48. The van der Waals surface area contributed by atoms with Crippen LogP contribution < -0.4 is 0 Å². The first kappa shape index (κ1) is 49.9. The van der Waals surface area contributed by atoms with Crippen LogP contribution in [-0.4, -0.2) is 0 Å². The van der Waals surface area contributed by atoms with Gasteiger partial charge in [-0.2, -0.15) is 0 Å². The fraction of sp³-hybridized carbons (Fsp3) is 0.324. The molecule has 4 aliphatic carbocycles. The molecule has 0 aliphatic heterocycles. The molecule has 1 unspecified atom stereocenters. The minimum atomic E-state index is 0.310. The lowest BCUT2D eigenvalue weighted by atomic mass is 9.73. The van der Waals surface area contributed by atoms with Gasteiger partial charge in [0.05, 0.1) is 0 Å². The van der Waals surface area contributed by atoms with Crippen molar-refractivity contribution in [2.45, 2.75) is 138 Å². The summed E-state index contributed by atoms with van der Waals surface area (Å²) in [6.45, 7) is 17.2. The summed E-state index contributed by atoms with van der Waals surface area (Å²) in [5, 5.41) is 5.38. The van der Waals surface area contributed by atoms with Crippen molar-refractivity contribution in [1.82, 2.24) is 0 Å². The van der Waals surface area contributed by atoms with E-state index < -0.39 is 0 Å². The Hall–Kier alpha value is -5.98. The number of benzene rings is 7. The average molecular weight is 895 g/mol. The lowest BCUT2D eigenvalue weighted by Gasteiger charge is -2.31. The van der Waals surface area contributed by atoms with E-state index in [9.17, 15) is 0 Å². The van der Waals surface area contributed by atoms with Gasteiger partial charge in [-0.25, -0.2) is 0 Å². The Labute approximate surface area is 411 Å². The second-order valence-corrected chi connectivity index (χ2v) is 19.6. The van der Waals surface area contributed by atoms with Crippen LogP contribution in [0.2, 0.25) is 0 Å². The molecule has 11 rings (SSSR count). The summed E-state index contributed by atoms with van der Waals surface area (Å²) in [5.41, 5.74) is 17.6. The number of fused-ring (bicyclic) bond motifs is 3. The highest BCUT2D eigenvalue weighted by molar-refractivity contribution is 6.14. The van der Waals surface area contributed by atoms with E-state index in [1.807, 2.05) is 13.8 Å². The molecular weight excluding hydrogens is 817 g/mol.